The van der Waals surface area contributed by atoms with Crippen LogP contribution in [0.4, 0.5) is 5.82 Å². The molecule has 0 bridgehead atoms. The van der Waals surface area contributed by atoms with E-state index in [2.05, 4.69) is 54.0 Å². The Hall–Kier alpha value is -2.10. The number of aromatic nitrogens is 2. The van der Waals surface area contributed by atoms with Crippen molar-refractivity contribution in [1.29, 1.82) is 0 Å². The smallest absolute Gasteiger partial charge is 0.174 e. The lowest BCUT2D eigenvalue weighted by atomic mass is 9.76. The third-order valence-electron chi connectivity index (χ3n) is 3.92. The van der Waals surface area contributed by atoms with E-state index in [-0.39, 0.29) is 5.41 Å². The topological polar surface area (TPSA) is 49.8 Å². The Morgan fingerprint density at radius 2 is 2.00 bits per heavy atom. The molecule has 1 aliphatic rings. The predicted octanol–water partition coefficient (Wildman–Crippen LogP) is 3.89. The molecule has 0 saturated carbocycles. The minimum absolute atomic E-state index is 0.242. The molecule has 21 heavy (non-hydrogen) atoms. The summed E-state index contributed by atoms with van der Waals surface area (Å²) in [5.41, 5.74) is 8.02. The molecule has 0 unspecified atom stereocenters. The van der Waals surface area contributed by atoms with E-state index in [4.69, 9.17) is 0 Å². The maximum atomic E-state index is 4.20. The zero-order valence-corrected chi connectivity index (χ0v) is 12.9. The van der Waals surface area contributed by atoms with Gasteiger partial charge in [-0.1, -0.05) is 51.1 Å². The fourth-order valence-corrected chi connectivity index (χ4v) is 3.28. The zero-order chi connectivity index (χ0) is 14.9. The highest BCUT2D eigenvalue weighted by atomic mass is 15.4. The van der Waals surface area contributed by atoms with Gasteiger partial charge in [0.15, 0.2) is 5.82 Å². The number of hydrogen-bond acceptors (Lipinski definition) is 4. The highest BCUT2D eigenvalue weighted by Gasteiger charge is 2.25. The van der Waals surface area contributed by atoms with Crippen molar-refractivity contribution in [2.45, 2.75) is 33.6 Å². The summed E-state index contributed by atoms with van der Waals surface area (Å²) in [7, 11) is 0. The number of nitrogens with zero attached hydrogens (tertiary/aromatic N) is 2. The molecule has 0 aliphatic heterocycles. The van der Waals surface area contributed by atoms with Gasteiger partial charge >= 0.3 is 0 Å². The van der Waals surface area contributed by atoms with Crippen LogP contribution < -0.4 is 10.9 Å². The monoisotopic (exact) mass is 282 g/mol. The Labute approximate surface area is 125 Å². The molecule has 1 aliphatic carbocycles. The summed E-state index contributed by atoms with van der Waals surface area (Å²) in [5.74, 6) is 1.46. The minimum Gasteiger partial charge on any atom is -0.304 e. The number of allylic oxidation sites excluding steroid dienone is 2. The number of hydrazine groups is 1. The molecule has 0 radical (unpaired) electrons. The Bertz CT molecular complexity index is 670. The van der Waals surface area contributed by atoms with Gasteiger partial charge in [0, 0.05) is 16.5 Å². The molecule has 1 atom stereocenters. The van der Waals surface area contributed by atoms with Crippen LogP contribution in [-0.4, -0.2) is 10.2 Å². The molecule has 4 heteroatoms. The molecule has 1 aromatic heterocycles. The summed E-state index contributed by atoms with van der Waals surface area (Å²) in [5, 5.41) is 10.4. The number of anilines is 1. The summed E-state index contributed by atoms with van der Waals surface area (Å²) in [6.45, 7) is 6.86. The largest absolute Gasteiger partial charge is 0.304 e. The number of rotatable bonds is 3. The molecule has 4 nitrogen and oxygen atoms in total. The second-order valence-electron chi connectivity index (χ2n) is 6.70. The van der Waals surface area contributed by atoms with Crippen LogP contribution in [0.5, 0.6) is 0 Å². The van der Waals surface area contributed by atoms with Gasteiger partial charge in [0.25, 0.3) is 0 Å². The van der Waals surface area contributed by atoms with Crippen molar-refractivity contribution >= 4 is 16.6 Å². The van der Waals surface area contributed by atoms with Crippen molar-refractivity contribution in [2.75, 3.05) is 5.43 Å². The number of hydrogen-bond donors (Lipinski definition) is 2. The molecule has 1 heterocycles. The van der Waals surface area contributed by atoms with Crippen LogP contribution in [-0.2, 0) is 0 Å². The van der Waals surface area contributed by atoms with Crippen molar-refractivity contribution in [1.82, 2.24) is 15.6 Å². The zero-order valence-electron chi connectivity index (χ0n) is 12.9. The molecule has 2 aromatic rings. The van der Waals surface area contributed by atoms with Crippen LogP contribution in [0.15, 0.2) is 42.2 Å². The summed E-state index contributed by atoms with van der Waals surface area (Å²) in [6.07, 6.45) is 6.39. The first-order valence-electron chi connectivity index (χ1n) is 7.48. The molecule has 0 saturated heterocycles. The maximum Gasteiger partial charge on any atom is 0.174 e. The maximum absolute atomic E-state index is 4.20. The van der Waals surface area contributed by atoms with Crippen molar-refractivity contribution in [3.63, 3.8) is 0 Å². The van der Waals surface area contributed by atoms with E-state index in [0.29, 0.717) is 5.92 Å². The fraction of sp³-hybridized carbons (Fsp3) is 0.412. The highest BCUT2D eigenvalue weighted by molar-refractivity contribution is 5.90. The fourth-order valence-electron chi connectivity index (χ4n) is 3.28. The highest BCUT2D eigenvalue weighted by Crippen LogP contribution is 2.35. The van der Waals surface area contributed by atoms with Crippen LogP contribution in [0, 0.1) is 11.3 Å². The van der Waals surface area contributed by atoms with E-state index in [9.17, 15) is 0 Å². The van der Waals surface area contributed by atoms with E-state index in [0.717, 1.165) is 23.0 Å². The lowest BCUT2D eigenvalue weighted by molar-refractivity contribution is 0.316. The average molecular weight is 282 g/mol. The molecule has 0 fully saturated rings. The summed E-state index contributed by atoms with van der Waals surface area (Å²) in [6, 6.07) is 8.12. The SMILES string of the molecule is C[C@H]1CC(NNc2nncc3ccccc23)=CC(C)(C)C1. The first-order valence-corrected chi connectivity index (χ1v) is 7.48. The third-order valence-corrected chi connectivity index (χ3v) is 3.92. The quantitative estimate of drug-likeness (QED) is 0.839. The summed E-state index contributed by atoms with van der Waals surface area (Å²) in [4.78, 5) is 0. The molecule has 3 rings (SSSR count). The summed E-state index contributed by atoms with van der Waals surface area (Å²) < 4.78 is 0. The molecular weight excluding hydrogens is 260 g/mol. The van der Waals surface area contributed by atoms with Gasteiger partial charge in [-0.2, -0.15) is 5.10 Å². The van der Waals surface area contributed by atoms with Crippen molar-refractivity contribution in [3.05, 3.63) is 42.2 Å². The van der Waals surface area contributed by atoms with Crippen molar-refractivity contribution in [2.24, 2.45) is 11.3 Å². The molecule has 0 spiro atoms. The van der Waals surface area contributed by atoms with Crippen molar-refractivity contribution in [3.8, 4) is 0 Å². The normalized spacial score (nSPS) is 20.9. The van der Waals surface area contributed by atoms with Crippen LogP contribution in [0.25, 0.3) is 10.8 Å². The molecular formula is C17H22N4. The van der Waals surface area contributed by atoms with Gasteiger partial charge in [-0.15, -0.1) is 5.10 Å². The molecule has 0 amide bonds. The number of fused-ring (bicyclic) bond motifs is 1. The van der Waals surface area contributed by atoms with Crippen LogP contribution in [0.3, 0.4) is 0 Å². The predicted molar refractivity (Wildman–Crippen MR) is 86.6 cm³/mol. The van der Waals surface area contributed by atoms with Crippen LogP contribution >= 0.6 is 0 Å². The van der Waals surface area contributed by atoms with Gasteiger partial charge in [0.2, 0.25) is 0 Å². The van der Waals surface area contributed by atoms with Gasteiger partial charge in [-0.3, -0.25) is 5.43 Å². The van der Waals surface area contributed by atoms with Gasteiger partial charge in [0.05, 0.1) is 6.20 Å². The molecule has 2 N–H and O–H groups in total. The Balaban J connectivity index is 1.79. The minimum atomic E-state index is 0.242. The van der Waals surface area contributed by atoms with E-state index in [1.165, 1.54) is 12.1 Å². The van der Waals surface area contributed by atoms with E-state index < -0.39 is 0 Å². The molecule has 110 valence electrons. The molecule has 1 aromatic carbocycles. The van der Waals surface area contributed by atoms with Gasteiger partial charge in [-0.25, -0.2) is 0 Å². The van der Waals surface area contributed by atoms with Gasteiger partial charge in [0.1, 0.15) is 0 Å². The van der Waals surface area contributed by atoms with E-state index in [1.54, 1.807) is 6.20 Å². The average Bonchev–Trinajstić information content (AvgIpc) is 2.43. The lowest BCUT2D eigenvalue weighted by Gasteiger charge is -2.32. The van der Waals surface area contributed by atoms with Crippen LogP contribution in [0.1, 0.15) is 33.6 Å². The standard InChI is InChI=1S/C17H22N4/c1-12-8-14(10-17(2,3)9-12)19-21-16-15-7-5-4-6-13(15)11-18-20-16/h4-7,10-12,19H,8-9H2,1-3H3,(H,20,21)/t12-/m0/s1. The van der Waals surface area contributed by atoms with E-state index in [1.807, 2.05) is 18.2 Å². The second-order valence-corrected chi connectivity index (χ2v) is 6.70. The Morgan fingerprint density at radius 3 is 2.81 bits per heavy atom. The van der Waals surface area contributed by atoms with Crippen molar-refractivity contribution < 1.29 is 0 Å². The van der Waals surface area contributed by atoms with E-state index >= 15 is 0 Å². The van der Waals surface area contributed by atoms with Crippen LogP contribution in [0.2, 0.25) is 0 Å². The number of nitrogens with one attached hydrogen (secondary N) is 2. The van der Waals surface area contributed by atoms with Gasteiger partial charge < -0.3 is 5.43 Å². The number of benzene rings is 1. The lowest BCUT2D eigenvalue weighted by Crippen LogP contribution is -2.29. The second kappa shape index (κ2) is 5.35. The Kier molecular flexibility index (Phi) is 3.53. The summed E-state index contributed by atoms with van der Waals surface area (Å²) >= 11 is 0. The first-order chi connectivity index (χ1) is 10.0. The first kappa shape index (κ1) is 13.9. The third kappa shape index (κ3) is 3.15. The van der Waals surface area contributed by atoms with Gasteiger partial charge in [-0.05, 0) is 24.2 Å². The Morgan fingerprint density at radius 1 is 1.19 bits per heavy atom.